The number of nitrogens with zero attached hydrogens (tertiary/aromatic N) is 2. The van der Waals surface area contributed by atoms with Crippen molar-refractivity contribution in [3.63, 3.8) is 0 Å². The van der Waals surface area contributed by atoms with Gasteiger partial charge in [0.05, 0.1) is 4.47 Å². The lowest BCUT2D eigenvalue weighted by atomic mass is 10.1. The molecule has 3 nitrogen and oxygen atoms in total. The minimum atomic E-state index is -0.355. The van der Waals surface area contributed by atoms with Crippen molar-refractivity contribution in [3.8, 4) is 0 Å². The molecule has 1 aliphatic heterocycles. The van der Waals surface area contributed by atoms with Crippen LogP contribution < -0.4 is 0 Å². The van der Waals surface area contributed by atoms with Gasteiger partial charge in [-0.3, -0.25) is 9.69 Å². The molecule has 3 rings (SSSR count). The van der Waals surface area contributed by atoms with Gasteiger partial charge in [0.25, 0.3) is 5.91 Å². The van der Waals surface area contributed by atoms with Gasteiger partial charge in [0.1, 0.15) is 11.6 Å². The Morgan fingerprint density at radius 2 is 1.76 bits per heavy atom. The number of carbonyl (C=O) groups is 1. The van der Waals surface area contributed by atoms with Crippen molar-refractivity contribution in [1.29, 1.82) is 0 Å². The molecule has 1 fully saturated rings. The first-order valence-corrected chi connectivity index (χ1v) is 8.95. The zero-order valence-corrected chi connectivity index (χ0v) is 15.5. The third kappa shape index (κ3) is 4.25. The number of hydrogen-bond donors (Lipinski definition) is 0. The maximum atomic E-state index is 13.7. The molecule has 2 aromatic carbocycles. The minimum absolute atomic E-state index is 0.136. The molecule has 0 aliphatic carbocycles. The third-order valence-electron chi connectivity index (χ3n) is 4.47. The third-order valence-corrected chi connectivity index (χ3v) is 5.08. The van der Waals surface area contributed by atoms with Gasteiger partial charge < -0.3 is 4.90 Å². The molecule has 6 heteroatoms. The van der Waals surface area contributed by atoms with Crippen LogP contribution in [0.5, 0.6) is 0 Å². The Morgan fingerprint density at radius 1 is 1.04 bits per heavy atom. The van der Waals surface area contributed by atoms with Crippen molar-refractivity contribution in [2.45, 2.75) is 13.5 Å². The fourth-order valence-corrected chi connectivity index (χ4v) is 3.34. The van der Waals surface area contributed by atoms with Crippen LogP contribution in [0.2, 0.25) is 0 Å². The van der Waals surface area contributed by atoms with Crippen LogP contribution in [0.4, 0.5) is 8.78 Å². The van der Waals surface area contributed by atoms with E-state index in [2.05, 4.69) is 20.8 Å². The normalized spacial score (nSPS) is 15.4. The number of halogens is 3. The topological polar surface area (TPSA) is 23.6 Å². The van der Waals surface area contributed by atoms with Crippen LogP contribution in [0.25, 0.3) is 0 Å². The second-order valence-electron chi connectivity index (χ2n) is 6.28. The Bertz CT molecular complexity index is 789. The summed E-state index contributed by atoms with van der Waals surface area (Å²) in [7, 11) is 0. The van der Waals surface area contributed by atoms with E-state index in [-0.39, 0.29) is 17.5 Å². The van der Waals surface area contributed by atoms with E-state index in [1.54, 1.807) is 36.1 Å². The van der Waals surface area contributed by atoms with E-state index < -0.39 is 0 Å². The molecule has 0 radical (unpaired) electrons. The van der Waals surface area contributed by atoms with E-state index >= 15 is 0 Å². The highest BCUT2D eigenvalue weighted by Gasteiger charge is 2.22. The van der Waals surface area contributed by atoms with E-state index in [1.165, 1.54) is 12.1 Å². The molecule has 1 amide bonds. The predicted molar refractivity (Wildman–Crippen MR) is 96.4 cm³/mol. The van der Waals surface area contributed by atoms with E-state index in [4.69, 9.17) is 0 Å². The SMILES string of the molecule is Cc1ccc(C(=O)N2CCN(Cc3ccc(F)c(Br)c3)CC2)cc1F. The van der Waals surface area contributed by atoms with Crippen LogP contribution in [0.3, 0.4) is 0 Å². The van der Waals surface area contributed by atoms with Crippen molar-refractivity contribution in [2.24, 2.45) is 0 Å². The average molecular weight is 409 g/mol. The lowest BCUT2D eigenvalue weighted by Gasteiger charge is -2.34. The van der Waals surface area contributed by atoms with Crippen LogP contribution in [0.15, 0.2) is 40.9 Å². The molecule has 0 N–H and O–H groups in total. The van der Waals surface area contributed by atoms with Gasteiger partial charge in [-0.2, -0.15) is 0 Å². The van der Waals surface area contributed by atoms with Crippen LogP contribution in [-0.4, -0.2) is 41.9 Å². The van der Waals surface area contributed by atoms with Gasteiger partial charge in [-0.1, -0.05) is 12.1 Å². The quantitative estimate of drug-likeness (QED) is 0.766. The summed E-state index contributed by atoms with van der Waals surface area (Å²) in [6.07, 6.45) is 0. The molecule has 0 atom stereocenters. The molecule has 2 aromatic rings. The van der Waals surface area contributed by atoms with E-state index in [9.17, 15) is 13.6 Å². The van der Waals surface area contributed by atoms with Crippen LogP contribution >= 0.6 is 15.9 Å². The first kappa shape index (κ1) is 18.0. The highest BCUT2D eigenvalue weighted by atomic mass is 79.9. The monoisotopic (exact) mass is 408 g/mol. The van der Waals surface area contributed by atoms with E-state index in [0.29, 0.717) is 35.2 Å². The Balaban J connectivity index is 1.58. The van der Waals surface area contributed by atoms with Gasteiger partial charge in [0.15, 0.2) is 0 Å². The Labute approximate surface area is 154 Å². The number of piperazine rings is 1. The molecule has 132 valence electrons. The number of hydrogen-bond acceptors (Lipinski definition) is 2. The smallest absolute Gasteiger partial charge is 0.254 e. The molecule has 0 unspecified atom stereocenters. The van der Waals surface area contributed by atoms with Gasteiger partial charge >= 0.3 is 0 Å². The molecule has 0 saturated carbocycles. The van der Waals surface area contributed by atoms with Crippen LogP contribution in [0.1, 0.15) is 21.5 Å². The first-order valence-electron chi connectivity index (χ1n) is 8.16. The summed E-state index contributed by atoms with van der Waals surface area (Å²) in [5.74, 6) is -0.765. The number of carbonyl (C=O) groups excluding carboxylic acids is 1. The molecule has 1 saturated heterocycles. The van der Waals surface area contributed by atoms with Gasteiger partial charge in [-0.05, 0) is 58.2 Å². The summed E-state index contributed by atoms with van der Waals surface area (Å²) < 4.78 is 27.4. The maximum absolute atomic E-state index is 13.7. The first-order chi connectivity index (χ1) is 11.9. The summed E-state index contributed by atoms with van der Waals surface area (Å²) in [6, 6.07) is 9.61. The van der Waals surface area contributed by atoms with Crippen molar-refractivity contribution >= 4 is 21.8 Å². The van der Waals surface area contributed by atoms with E-state index in [1.807, 2.05) is 0 Å². The summed E-state index contributed by atoms with van der Waals surface area (Å²) in [4.78, 5) is 16.5. The lowest BCUT2D eigenvalue weighted by molar-refractivity contribution is 0.0628. The minimum Gasteiger partial charge on any atom is -0.336 e. The molecule has 1 heterocycles. The maximum Gasteiger partial charge on any atom is 0.254 e. The standard InChI is InChI=1S/C19H19BrF2N2O/c1-13-2-4-15(11-18(13)22)19(25)24-8-6-23(7-9-24)12-14-3-5-17(21)16(20)10-14/h2-5,10-11H,6-9,12H2,1H3. The fraction of sp³-hybridized carbons (Fsp3) is 0.316. The highest BCUT2D eigenvalue weighted by Crippen LogP contribution is 2.19. The fourth-order valence-electron chi connectivity index (χ4n) is 2.91. The molecule has 0 aromatic heterocycles. The zero-order valence-electron chi connectivity index (χ0n) is 13.9. The van der Waals surface area contributed by atoms with E-state index in [0.717, 1.165) is 18.7 Å². The molecule has 25 heavy (non-hydrogen) atoms. The van der Waals surface area contributed by atoms with Crippen LogP contribution in [-0.2, 0) is 6.54 Å². The van der Waals surface area contributed by atoms with Gasteiger partial charge in [0, 0.05) is 38.3 Å². The average Bonchev–Trinajstić information content (AvgIpc) is 2.61. The van der Waals surface area contributed by atoms with Crippen molar-refractivity contribution in [1.82, 2.24) is 9.80 Å². The Hall–Kier alpha value is -1.79. The lowest BCUT2D eigenvalue weighted by Crippen LogP contribution is -2.48. The van der Waals surface area contributed by atoms with Crippen molar-refractivity contribution < 1.29 is 13.6 Å². The highest BCUT2D eigenvalue weighted by molar-refractivity contribution is 9.10. The van der Waals surface area contributed by atoms with Gasteiger partial charge in [0.2, 0.25) is 0 Å². The number of rotatable bonds is 3. The second-order valence-corrected chi connectivity index (χ2v) is 7.14. The molecular formula is C19H19BrF2N2O. The Morgan fingerprint density at radius 3 is 2.40 bits per heavy atom. The van der Waals surface area contributed by atoms with Crippen molar-refractivity contribution in [2.75, 3.05) is 26.2 Å². The molecule has 1 aliphatic rings. The van der Waals surface area contributed by atoms with Gasteiger partial charge in [-0.25, -0.2) is 8.78 Å². The Kier molecular flexibility index (Phi) is 5.49. The second kappa shape index (κ2) is 7.62. The molecule has 0 spiro atoms. The van der Waals surface area contributed by atoms with Crippen LogP contribution in [0, 0.1) is 18.6 Å². The molecular weight excluding hydrogens is 390 g/mol. The summed E-state index contributed by atoms with van der Waals surface area (Å²) in [6.45, 7) is 5.04. The predicted octanol–water partition coefficient (Wildman–Crippen LogP) is 3.99. The zero-order chi connectivity index (χ0) is 18.0. The summed E-state index contributed by atoms with van der Waals surface area (Å²) in [5.41, 5.74) is 1.94. The van der Waals surface area contributed by atoms with Crippen molar-refractivity contribution in [3.05, 3.63) is 69.2 Å². The summed E-state index contributed by atoms with van der Waals surface area (Å²) >= 11 is 3.20. The number of aryl methyl sites for hydroxylation is 1. The van der Waals surface area contributed by atoms with Gasteiger partial charge in [-0.15, -0.1) is 0 Å². The molecule has 0 bridgehead atoms. The largest absolute Gasteiger partial charge is 0.336 e. The number of benzene rings is 2. The summed E-state index contributed by atoms with van der Waals surface area (Å²) in [5, 5.41) is 0. The number of amides is 1.